The Morgan fingerprint density at radius 3 is 2.08 bits per heavy atom. The molecule has 142 valence electrons. The van der Waals surface area contributed by atoms with Gasteiger partial charge >= 0.3 is 24.1 Å². The maximum absolute atomic E-state index is 12.4. The van der Waals surface area contributed by atoms with E-state index in [-0.39, 0.29) is 26.4 Å². The summed E-state index contributed by atoms with van der Waals surface area (Å²) in [5.41, 5.74) is 9.70. The fraction of sp³-hybridized carbons (Fsp3) is 0.714. The molecule has 1 heterocycles. The van der Waals surface area contributed by atoms with Gasteiger partial charge in [-0.1, -0.05) is 0 Å². The largest absolute Gasteiger partial charge is 0.466 e. The summed E-state index contributed by atoms with van der Waals surface area (Å²) in [6, 6.07) is -2.94. The van der Waals surface area contributed by atoms with Crippen LogP contribution in [0.2, 0.25) is 0 Å². The normalized spacial score (nSPS) is 22.2. The number of rotatable bonds is 7. The van der Waals surface area contributed by atoms with Crippen LogP contribution in [-0.2, 0) is 23.8 Å². The summed E-state index contributed by atoms with van der Waals surface area (Å²) in [5.74, 6) is -2.58. The first-order valence-electron chi connectivity index (χ1n) is 7.94. The topological polar surface area (TPSA) is 149 Å². The Labute approximate surface area is 145 Å². The van der Waals surface area contributed by atoms with E-state index in [1.54, 1.807) is 20.8 Å². The molecule has 4 N–H and O–H groups in total. The van der Waals surface area contributed by atoms with Crippen LogP contribution < -0.4 is 16.6 Å². The van der Waals surface area contributed by atoms with Crippen LogP contribution in [0.3, 0.4) is 0 Å². The molecule has 1 aliphatic rings. The highest BCUT2D eigenvalue weighted by molar-refractivity contribution is 5.89. The fourth-order valence-electron chi connectivity index (χ4n) is 2.58. The van der Waals surface area contributed by atoms with Gasteiger partial charge in [-0.2, -0.15) is 0 Å². The van der Waals surface area contributed by atoms with Crippen molar-refractivity contribution in [1.29, 1.82) is 0 Å². The number of carbonyl (C=O) groups is 4. The number of hydrazine groups is 1. The van der Waals surface area contributed by atoms with Gasteiger partial charge in [-0.15, -0.1) is 0 Å². The van der Waals surface area contributed by atoms with E-state index in [0.717, 1.165) is 4.90 Å². The molecule has 0 aromatic heterocycles. The number of urea groups is 1. The van der Waals surface area contributed by atoms with E-state index in [4.69, 9.17) is 19.9 Å². The molecule has 11 nitrogen and oxygen atoms in total. The van der Waals surface area contributed by atoms with Gasteiger partial charge in [-0.05, 0) is 20.8 Å². The second kappa shape index (κ2) is 9.67. The molecule has 1 saturated heterocycles. The minimum Gasteiger partial charge on any atom is -0.466 e. The lowest BCUT2D eigenvalue weighted by Gasteiger charge is -2.25. The number of ether oxygens (including phenoxy) is 3. The highest BCUT2D eigenvalue weighted by atomic mass is 16.6. The molecule has 0 aliphatic carbocycles. The highest BCUT2D eigenvalue weighted by Gasteiger charge is 2.53. The lowest BCUT2D eigenvalue weighted by molar-refractivity contribution is -0.158. The first kappa shape index (κ1) is 20.5. The first-order valence-corrected chi connectivity index (χ1v) is 7.94. The molecule has 3 amide bonds. The van der Waals surface area contributed by atoms with E-state index in [1.165, 1.54) is 0 Å². The van der Waals surface area contributed by atoms with Gasteiger partial charge in [0.25, 0.3) is 0 Å². The molecule has 0 unspecified atom stereocenters. The Kier molecular flexibility index (Phi) is 7.92. The van der Waals surface area contributed by atoms with Crippen molar-refractivity contribution in [3.8, 4) is 0 Å². The van der Waals surface area contributed by atoms with E-state index in [1.807, 2.05) is 0 Å². The minimum atomic E-state index is -1.25. The number of esters is 2. The Hall–Kier alpha value is -2.56. The third-order valence-corrected chi connectivity index (χ3v) is 3.47. The number of amides is 3. The number of hydrogen-bond acceptors (Lipinski definition) is 8. The van der Waals surface area contributed by atoms with Crippen molar-refractivity contribution in [2.75, 3.05) is 26.4 Å². The van der Waals surface area contributed by atoms with Gasteiger partial charge in [-0.3, -0.25) is 15.1 Å². The van der Waals surface area contributed by atoms with Crippen molar-refractivity contribution in [3.63, 3.8) is 0 Å². The third kappa shape index (κ3) is 5.21. The molecule has 1 rings (SSSR count). The van der Waals surface area contributed by atoms with Gasteiger partial charge in [0.15, 0.2) is 0 Å². The van der Waals surface area contributed by atoms with E-state index in [0.29, 0.717) is 0 Å². The number of nitrogens with one attached hydrogen (secondary N) is 2. The van der Waals surface area contributed by atoms with E-state index in [2.05, 4.69) is 10.9 Å². The minimum absolute atomic E-state index is 0.0686. The van der Waals surface area contributed by atoms with Crippen molar-refractivity contribution < 1.29 is 33.4 Å². The SMILES string of the molecule is CCOC(=O)[C@H]1[C@@H](NNC(N)=O)CN(C(=O)OCC)[C@@H]1C(=O)OCC. The molecule has 11 heteroatoms. The number of carbonyl (C=O) groups excluding carboxylic acids is 4. The Morgan fingerprint density at radius 1 is 1.00 bits per heavy atom. The van der Waals surface area contributed by atoms with Crippen LogP contribution in [0.5, 0.6) is 0 Å². The van der Waals surface area contributed by atoms with Crippen molar-refractivity contribution >= 4 is 24.1 Å². The third-order valence-electron chi connectivity index (χ3n) is 3.47. The average Bonchev–Trinajstić information content (AvgIpc) is 2.93. The first-order chi connectivity index (χ1) is 11.9. The zero-order valence-electron chi connectivity index (χ0n) is 14.4. The molecule has 25 heavy (non-hydrogen) atoms. The zero-order chi connectivity index (χ0) is 19.0. The van der Waals surface area contributed by atoms with Gasteiger partial charge < -0.3 is 19.9 Å². The molecule has 0 aromatic carbocycles. The van der Waals surface area contributed by atoms with Crippen molar-refractivity contribution in [2.24, 2.45) is 11.7 Å². The molecule has 0 aromatic rings. The standard InChI is InChI=1S/C14H24N4O7/c1-4-23-11(19)9-8(16-17-13(15)21)7-18(14(22)25-6-3)10(9)12(20)24-5-2/h8-10,16H,4-7H2,1-3H3,(H3,15,17,21)/t8-,9-,10-/m0/s1. The molecule has 0 bridgehead atoms. The van der Waals surface area contributed by atoms with Crippen LogP contribution in [0.4, 0.5) is 9.59 Å². The van der Waals surface area contributed by atoms with Crippen LogP contribution in [0.1, 0.15) is 20.8 Å². The molecule has 0 spiro atoms. The maximum Gasteiger partial charge on any atom is 0.410 e. The molecule has 1 aliphatic heterocycles. The summed E-state index contributed by atoms with van der Waals surface area (Å²) in [7, 11) is 0. The zero-order valence-corrected chi connectivity index (χ0v) is 14.4. The van der Waals surface area contributed by atoms with Gasteiger partial charge in [0.05, 0.1) is 25.9 Å². The van der Waals surface area contributed by atoms with E-state index < -0.39 is 42.1 Å². The molecular weight excluding hydrogens is 336 g/mol. The summed E-state index contributed by atoms with van der Waals surface area (Å²) >= 11 is 0. The molecule has 3 atom stereocenters. The number of nitrogens with two attached hydrogens (primary N) is 1. The highest BCUT2D eigenvalue weighted by Crippen LogP contribution is 2.28. The van der Waals surface area contributed by atoms with Gasteiger partial charge in [-0.25, -0.2) is 19.8 Å². The Morgan fingerprint density at radius 2 is 1.56 bits per heavy atom. The molecular formula is C14H24N4O7. The number of hydrogen-bond donors (Lipinski definition) is 3. The van der Waals surface area contributed by atoms with Crippen LogP contribution in [0.15, 0.2) is 0 Å². The molecule has 0 saturated carbocycles. The number of likely N-dealkylation sites (tertiary alicyclic amines) is 1. The summed E-state index contributed by atoms with van der Waals surface area (Å²) in [4.78, 5) is 48.9. The van der Waals surface area contributed by atoms with Crippen LogP contribution >= 0.6 is 0 Å². The average molecular weight is 360 g/mol. The smallest absolute Gasteiger partial charge is 0.410 e. The molecule has 1 fully saturated rings. The second-order valence-corrected chi connectivity index (χ2v) is 5.07. The van der Waals surface area contributed by atoms with Crippen molar-refractivity contribution in [3.05, 3.63) is 0 Å². The summed E-state index contributed by atoms with van der Waals surface area (Å²) in [6.07, 6.45) is -0.779. The Bertz CT molecular complexity index is 513. The monoisotopic (exact) mass is 360 g/mol. The summed E-state index contributed by atoms with van der Waals surface area (Å²) in [6.45, 7) is 4.98. The Balaban J connectivity index is 3.15. The summed E-state index contributed by atoms with van der Waals surface area (Å²) in [5, 5.41) is 0. The predicted octanol–water partition coefficient (Wildman–Crippen LogP) is -0.889. The van der Waals surface area contributed by atoms with E-state index in [9.17, 15) is 19.2 Å². The van der Waals surface area contributed by atoms with Crippen LogP contribution in [0.25, 0.3) is 0 Å². The van der Waals surface area contributed by atoms with Gasteiger partial charge in [0, 0.05) is 6.54 Å². The molecule has 0 radical (unpaired) electrons. The van der Waals surface area contributed by atoms with Crippen molar-refractivity contribution in [2.45, 2.75) is 32.9 Å². The predicted molar refractivity (Wildman–Crippen MR) is 83.9 cm³/mol. The van der Waals surface area contributed by atoms with Gasteiger partial charge in [0.1, 0.15) is 12.0 Å². The lowest BCUT2D eigenvalue weighted by atomic mass is 9.96. The quantitative estimate of drug-likeness (QED) is 0.301. The fourth-order valence-corrected chi connectivity index (χ4v) is 2.58. The van der Waals surface area contributed by atoms with Crippen LogP contribution in [-0.4, -0.2) is 67.4 Å². The second-order valence-electron chi connectivity index (χ2n) is 5.07. The van der Waals surface area contributed by atoms with Gasteiger partial charge in [0.2, 0.25) is 0 Å². The maximum atomic E-state index is 12.4. The van der Waals surface area contributed by atoms with Crippen molar-refractivity contribution in [1.82, 2.24) is 15.8 Å². The lowest BCUT2D eigenvalue weighted by Crippen LogP contribution is -2.52. The number of primary amides is 1. The van der Waals surface area contributed by atoms with E-state index >= 15 is 0 Å². The number of nitrogens with zero attached hydrogens (tertiary/aromatic N) is 1. The summed E-state index contributed by atoms with van der Waals surface area (Å²) < 4.78 is 14.9. The van der Waals surface area contributed by atoms with Crippen LogP contribution in [0, 0.1) is 5.92 Å².